The minimum Gasteiger partial charge on any atom is -0.465 e. The van der Waals surface area contributed by atoms with Gasteiger partial charge in [-0.05, 0) is 24.3 Å². The van der Waals surface area contributed by atoms with E-state index in [4.69, 9.17) is 15.6 Å². The Hall–Kier alpha value is -3.26. The zero-order valence-electron chi connectivity index (χ0n) is 11.6. The zero-order chi connectivity index (χ0) is 15.8. The molecular weight excluding hydrogens is 282 g/mol. The second-order valence-corrected chi connectivity index (χ2v) is 4.17. The number of terminal acetylenes is 1. The van der Waals surface area contributed by atoms with Crippen molar-refractivity contribution in [3.63, 3.8) is 0 Å². The summed E-state index contributed by atoms with van der Waals surface area (Å²) < 4.78 is 9.97. The second kappa shape index (κ2) is 7.50. The van der Waals surface area contributed by atoms with Crippen molar-refractivity contribution in [2.45, 2.75) is 0 Å². The van der Waals surface area contributed by atoms with Crippen LogP contribution in [0.25, 0.3) is 6.08 Å². The Morgan fingerprint density at radius 3 is 2.64 bits per heavy atom. The topological polar surface area (TPSA) is 68.5 Å². The Bertz CT molecular complexity index is 709. The lowest BCUT2D eigenvalue weighted by Gasteiger charge is -2.08. The van der Waals surface area contributed by atoms with Gasteiger partial charge in [0.25, 0.3) is 5.91 Å². The molecule has 1 N–H and O–H groups in total. The summed E-state index contributed by atoms with van der Waals surface area (Å²) in [4.78, 5) is 24.1. The first-order valence-electron chi connectivity index (χ1n) is 6.43. The molecular formula is C17H13NO4. The number of nitrogens with one attached hydrogen (secondary N) is 1. The molecule has 1 heterocycles. The summed E-state index contributed by atoms with van der Waals surface area (Å²) in [5.74, 6) is 1.42. The first-order chi connectivity index (χ1) is 10.7. The Labute approximate surface area is 127 Å². The molecule has 2 aromatic rings. The van der Waals surface area contributed by atoms with Crippen LogP contribution in [0.4, 0.5) is 0 Å². The zero-order valence-corrected chi connectivity index (χ0v) is 11.6. The van der Waals surface area contributed by atoms with Gasteiger partial charge in [-0.1, -0.05) is 24.1 Å². The van der Waals surface area contributed by atoms with Crippen LogP contribution in [0.15, 0.2) is 58.8 Å². The van der Waals surface area contributed by atoms with Gasteiger partial charge in [0.15, 0.2) is 6.61 Å². The quantitative estimate of drug-likeness (QED) is 0.522. The summed E-state index contributed by atoms with van der Waals surface area (Å²) in [6.45, 7) is -0.185. The van der Waals surface area contributed by atoms with E-state index in [-0.39, 0.29) is 12.3 Å². The van der Waals surface area contributed by atoms with Crippen molar-refractivity contribution in [3.05, 3.63) is 65.7 Å². The van der Waals surface area contributed by atoms with Gasteiger partial charge in [0, 0.05) is 11.6 Å². The van der Waals surface area contributed by atoms with Gasteiger partial charge in [-0.3, -0.25) is 4.79 Å². The molecule has 0 aliphatic carbocycles. The number of carbonyl (C=O) groups excluding carboxylic acids is 2. The first-order valence-corrected chi connectivity index (χ1v) is 6.43. The van der Waals surface area contributed by atoms with Gasteiger partial charge in [0.1, 0.15) is 11.5 Å². The number of esters is 1. The summed E-state index contributed by atoms with van der Waals surface area (Å²) in [7, 11) is 0. The van der Waals surface area contributed by atoms with Gasteiger partial charge in [0.2, 0.25) is 0 Å². The van der Waals surface area contributed by atoms with Crippen molar-refractivity contribution in [3.8, 4) is 12.3 Å². The highest BCUT2D eigenvalue weighted by Crippen LogP contribution is 2.08. The molecule has 0 bridgehead atoms. The number of hydrogen-bond acceptors (Lipinski definition) is 4. The van der Waals surface area contributed by atoms with Gasteiger partial charge in [-0.2, -0.15) is 0 Å². The smallest absolute Gasteiger partial charge is 0.355 e. The molecule has 22 heavy (non-hydrogen) atoms. The van der Waals surface area contributed by atoms with Crippen molar-refractivity contribution >= 4 is 18.0 Å². The molecule has 0 saturated carbocycles. The third kappa shape index (κ3) is 4.12. The van der Waals surface area contributed by atoms with E-state index in [1.165, 1.54) is 12.3 Å². The third-order valence-electron chi connectivity index (χ3n) is 2.62. The molecule has 0 unspecified atom stereocenters. The normalized spacial score (nSPS) is 10.6. The fraction of sp³-hybridized carbons (Fsp3) is 0.0588. The standard InChI is InChI=1S/C17H13NO4/c1-2-10-22-17(20)15(12-14-9-6-11-21-14)18-16(19)13-7-4-3-5-8-13/h1,3-9,11-12H,10H2,(H,18,19). The van der Waals surface area contributed by atoms with E-state index in [9.17, 15) is 9.59 Å². The van der Waals surface area contributed by atoms with Gasteiger partial charge in [-0.25, -0.2) is 4.79 Å². The van der Waals surface area contributed by atoms with Gasteiger partial charge in [0.05, 0.1) is 6.26 Å². The summed E-state index contributed by atoms with van der Waals surface area (Å²) in [5, 5.41) is 2.50. The highest BCUT2D eigenvalue weighted by molar-refractivity contribution is 6.03. The Morgan fingerprint density at radius 1 is 1.23 bits per heavy atom. The highest BCUT2D eigenvalue weighted by atomic mass is 16.5. The average molecular weight is 295 g/mol. The first kappa shape index (κ1) is 15.1. The number of amides is 1. The summed E-state index contributed by atoms with van der Waals surface area (Å²) in [6, 6.07) is 11.8. The largest absolute Gasteiger partial charge is 0.465 e. The number of rotatable bonds is 5. The van der Waals surface area contributed by atoms with Crippen LogP contribution in [-0.2, 0) is 9.53 Å². The van der Waals surface area contributed by atoms with Crippen molar-refractivity contribution in [1.29, 1.82) is 0 Å². The molecule has 0 atom stereocenters. The molecule has 110 valence electrons. The lowest BCUT2D eigenvalue weighted by molar-refractivity contribution is -0.137. The predicted octanol–water partition coefficient (Wildman–Crippen LogP) is 2.23. The van der Waals surface area contributed by atoms with E-state index < -0.39 is 11.9 Å². The van der Waals surface area contributed by atoms with Crippen LogP contribution in [0.2, 0.25) is 0 Å². The highest BCUT2D eigenvalue weighted by Gasteiger charge is 2.16. The molecule has 0 spiro atoms. The molecule has 2 rings (SSSR count). The van der Waals surface area contributed by atoms with E-state index >= 15 is 0 Å². The van der Waals surface area contributed by atoms with Gasteiger partial charge < -0.3 is 14.5 Å². The molecule has 1 aromatic heterocycles. The third-order valence-corrected chi connectivity index (χ3v) is 2.62. The Kier molecular flexibility index (Phi) is 5.16. The van der Waals surface area contributed by atoms with Crippen molar-refractivity contribution in [2.75, 3.05) is 6.61 Å². The number of carbonyl (C=O) groups is 2. The maximum atomic E-state index is 12.1. The molecule has 1 aromatic carbocycles. The molecule has 0 saturated heterocycles. The predicted molar refractivity (Wildman–Crippen MR) is 80.4 cm³/mol. The van der Waals surface area contributed by atoms with Crippen molar-refractivity contribution in [1.82, 2.24) is 5.32 Å². The van der Waals surface area contributed by atoms with Crippen LogP contribution in [0.5, 0.6) is 0 Å². The molecule has 0 aliphatic rings. The molecule has 0 aliphatic heterocycles. The van der Waals surface area contributed by atoms with Crippen LogP contribution < -0.4 is 5.32 Å². The minimum absolute atomic E-state index is 0.0564. The molecule has 1 amide bonds. The van der Waals surface area contributed by atoms with Crippen LogP contribution in [0.3, 0.4) is 0 Å². The van der Waals surface area contributed by atoms with E-state index in [1.807, 2.05) is 0 Å². The Balaban J connectivity index is 2.20. The number of benzene rings is 1. The monoisotopic (exact) mass is 295 g/mol. The lowest BCUT2D eigenvalue weighted by Crippen LogP contribution is -2.28. The Morgan fingerprint density at radius 2 is 2.00 bits per heavy atom. The van der Waals surface area contributed by atoms with E-state index in [2.05, 4.69) is 11.2 Å². The summed E-state index contributed by atoms with van der Waals surface area (Å²) >= 11 is 0. The van der Waals surface area contributed by atoms with E-state index in [0.29, 0.717) is 11.3 Å². The number of hydrogen-bond donors (Lipinski definition) is 1. The van der Waals surface area contributed by atoms with Gasteiger partial charge >= 0.3 is 5.97 Å². The lowest BCUT2D eigenvalue weighted by atomic mass is 10.2. The number of furan rings is 1. The summed E-state index contributed by atoms with van der Waals surface area (Å²) in [5.41, 5.74) is 0.358. The fourth-order valence-corrected chi connectivity index (χ4v) is 1.63. The van der Waals surface area contributed by atoms with Crippen LogP contribution in [-0.4, -0.2) is 18.5 Å². The molecule has 0 fully saturated rings. The minimum atomic E-state index is -0.737. The van der Waals surface area contributed by atoms with Crippen LogP contribution in [0, 0.1) is 12.3 Å². The number of ether oxygens (including phenoxy) is 1. The molecule has 0 radical (unpaired) electrons. The van der Waals surface area contributed by atoms with E-state index in [0.717, 1.165) is 0 Å². The molecule has 5 nitrogen and oxygen atoms in total. The SMILES string of the molecule is C#CCOC(=O)C(=Cc1ccco1)NC(=O)c1ccccc1. The van der Waals surface area contributed by atoms with Crippen LogP contribution >= 0.6 is 0 Å². The van der Waals surface area contributed by atoms with Crippen molar-refractivity contribution in [2.24, 2.45) is 0 Å². The van der Waals surface area contributed by atoms with Crippen LogP contribution in [0.1, 0.15) is 16.1 Å². The fourth-order valence-electron chi connectivity index (χ4n) is 1.63. The maximum Gasteiger partial charge on any atom is 0.355 e. The summed E-state index contributed by atoms with van der Waals surface area (Å²) in [6.07, 6.45) is 7.88. The van der Waals surface area contributed by atoms with Gasteiger partial charge in [-0.15, -0.1) is 6.42 Å². The maximum absolute atomic E-state index is 12.1. The van der Waals surface area contributed by atoms with E-state index in [1.54, 1.807) is 42.5 Å². The van der Waals surface area contributed by atoms with Crippen molar-refractivity contribution < 1.29 is 18.7 Å². The second-order valence-electron chi connectivity index (χ2n) is 4.17. The average Bonchev–Trinajstić information content (AvgIpc) is 3.05. The molecule has 5 heteroatoms.